The minimum Gasteiger partial charge on any atom is -0.468 e. The van der Waals surface area contributed by atoms with Crippen molar-refractivity contribution in [1.29, 1.82) is 0 Å². The van der Waals surface area contributed by atoms with Crippen LogP contribution in [0.25, 0.3) is 0 Å². The van der Waals surface area contributed by atoms with Crippen molar-refractivity contribution in [2.45, 2.75) is 13.8 Å². The lowest BCUT2D eigenvalue weighted by molar-refractivity contribution is -0.140. The number of hydrogen-bond donors (Lipinski definition) is 0. The van der Waals surface area contributed by atoms with Crippen LogP contribution in [0, 0.1) is 5.41 Å². The largest absolute Gasteiger partial charge is 0.468 e. The first kappa shape index (κ1) is 14.5. The van der Waals surface area contributed by atoms with Gasteiger partial charge in [-0.3, -0.25) is 4.79 Å². The van der Waals surface area contributed by atoms with Crippen LogP contribution in [0.1, 0.15) is 13.8 Å². The molecule has 0 fully saturated rings. The zero-order valence-corrected chi connectivity index (χ0v) is 12.6. The maximum atomic E-state index is 11.3. The molecule has 20 heavy (non-hydrogen) atoms. The molecule has 0 atom stereocenters. The summed E-state index contributed by atoms with van der Waals surface area (Å²) in [4.78, 5) is 13.9. The van der Waals surface area contributed by atoms with E-state index in [1.165, 1.54) is 7.11 Å². The second-order valence-electron chi connectivity index (χ2n) is 5.07. The number of ether oxygens (including phenoxy) is 2. The minimum atomic E-state index is -0.306. The lowest BCUT2D eigenvalue weighted by atomic mass is 9.77. The Hall–Kier alpha value is -1.88. The van der Waals surface area contributed by atoms with Gasteiger partial charge in [-0.05, 0) is 6.08 Å². The van der Waals surface area contributed by atoms with E-state index in [9.17, 15) is 4.79 Å². The highest BCUT2D eigenvalue weighted by molar-refractivity contribution is 7.80. The Morgan fingerprint density at radius 3 is 2.95 bits per heavy atom. The van der Waals surface area contributed by atoms with Crippen LogP contribution in [0.15, 0.2) is 48.2 Å². The van der Waals surface area contributed by atoms with Gasteiger partial charge in [0.2, 0.25) is 0 Å². The van der Waals surface area contributed by atoms with Gasteiger partial charge in [0.15, 0.2) is 0 Å². The number of allylic oxidation sites excluding steroid dienone is 4. The van der Waals surface area contributed by atoms with Gasteiger partial charge in [-0.15, -0.1) is 0 Å². The number of rotatable bonds is 3. The van der Waals surface area contributed by atoms with Crippen LogP contribution >= 0.6 is 12.2 Å². The molecule has 0 bridgehead atoms. The fraction of sp³-hybridized carbons (Fsp3) is 0.333. The summed E-state index contributed by atoms with van der Waals surface area (Å²) < 4.78 is 10.2. The number of methoxy groups -OCH3 is 1. The van der Waals surface area contributed by atoms with Crippen LogP contribution in [0.5, 0.6) is 0 Å². The van der Waals surface area contributed by atoms with E-state index in [1.807, 2.05) is 18.2 Å². The lowest BCUT2D eigenvalue weighted by Gasteiger charge is -2.32. The van der Waals surface area contributed by atoms with Crippen LogP contribution in [0.3, 0.4) is 0 Å². The number of carbonyl (C=O) groups is 1. The highest BCUT2D eigenvalue weighted by Crippen LogP contribution is 2.38. The molecule has 0 radical (unpaired) electrons. The predicted octanol–water partition coefficient (Wildman–Crippen LogP) is 2.70. The quantitative estimate of drug-likeness (QED) is 0.590. The third kappa shape index (κ3) is 2.82. The summed E-state index contributed by atoms with van der Waals surface area (Å²) in [7, 11) is 1.37. The highest BCUT2D eigenvalue weighted by atomic mass is 32.1. The molecule has 5 heteroatoms. The average molecular weight is 291 g/mol. The molecule has 0 spiro atoms. The molecular weight excluding hydrogens is 274 g/mol. The smallest absolute Gasteiger partial charge is 0.325 e. The summed E-state index contributed by atoms with van der Waals surface area (Å²) in [5.41, 5.74) is 0.710. The van der Waals surface area contributed by atoms with Crippen molar-refractivity contribution < 1.29 is 14.3 Å². The molecule has 0 saturated carbocycles. The number of thiocarbonyl (C=S) groups is 1. The van der Waals surface area contributed by atoms with E-state index >= 15 is 0 Å². The lowest BCUT2D eigenvalue weighted by Crippen LogP contribution is -2.29. The molecular formula is C15H17NO3S. The van der Waals surface area contributed by atoms with Gasteiger partial charge < -0.3 is 14.4 Å². The molecule has 0 aromatic rings. The second kappa shape index (κ2) is 5.63. The predicted molar refractivity (Wildman–Crippen MR) is 80.6 cm³/mol. The molecule has 106 valence electrons. The number of esters is 1. The monoisotopic (exact) mass is 291 g/mol. The van der Waals surface area contributed by atoms with Gasteiger partial charge in [0, 0.05) is 28.3 Å². The molecule has 0 amide bonds. The Labute approximate surface area is 124 Å². The third-order valence-electron chi connectivity index (χ3n) is 3.34. The van der Waals surface area contributed by atoms with Gasteiger partial charge >= 0.3 is 5.97 Å². The Kier molecular flexibility index (Phi) is 4.09. The Balaban J connectivity index is 2.24. The molecule has 0 N–H and O–H groups in total. The zero-order chi connectivity index (χ0) is 14.8. The van der Waals surface area contributed by atoms with Crippen molar-refractivity contribution in [2.75, 3.05) is 13.7 Å². The molecule has 0 unspecified atom stereocenters. The van der Waals surface area contributed by atoms with Crippen LogP contribution < -0.4 is 0 Å². The average Bonchev–Trinajstić information content (AvgIpc) is 2.42. The SMILES string of the molecule is COC(=O)CN1C=COC(C2=CC=CC(=S)C2(C)C)=C1. The van der Waals surface area contributed by atoms with Gasteiger partial charge in [-0.1, -0.05) is 38.2 Å². The van der Waals surface area contributed by atoms with E-state index in [-0.39, 0.29) is 17.9 Å². The van der Waals surface area contributed by atoms with Crippen molar-refractivity contribution in [1.82, 2.24) is 4.90 Å². The van der Waals surface area contributed by atoms with Crippen LogP contribution in [-0.4, -0.2) is 29.4 Å². The molecule has 0 aromatic heterocycles. The van der Waals surface area contributed by atoms with Gasteiger partial charge in [0.1, 0.15) is 18.6 Å². The number of nitrogens with zero attached hydrogens (tertiary/aromatic N) is 1. The van der Waals surface area contributed by atoms with Crippen LogP contribution in [0.4, 0.5) is 0 Å². The molecule has 2 rings (SSSR count). The number of carbonyl (C=O) groups excluding carboxylic acids is 1. The van der Waals surface area contributed by atoms with Crippen molar-refractivity contribution in [3.63, 3.8) is 0 Å². The van der Waals surface area contributed by atoms with Gasteiger partial charge in [0.25, 0.3) is 0 Å². The Morgan fingerprint density at radius 1 is 1.50 bits per heavy atom. The normalized spacial score (nSPS) is 20.1. The topological polar surface area (TPSA) is 38.8 Å². The van der Waals surface area contributed by atoms with Crippen LogP contribution in [-0.2, 0) is 14.3 Å². The molecule has 1 aliphatic heterocycles. The van der Waals surface area contributed by atoms with E-state index in [2.05, 4.69) is 18.6 Å². The molecule has 1 aliphatic carbocycles. The van der Waals surface area contributed by atoms with Crippen LogP contribution in [0.2, 0.25) is 0 Å². The molecule has 0 aromatic carbocycles. The first-order valence-corrected chi connectivity index (χ1v) is 6.67. The van der Waals surface area contributed by atoms with E-state index in [0.29, 0.717) is 5.76 Å². The van der Waals surface area contributed by atoms with E-state index in [4.69, 9.17) is 17.0 Å². The van der Waals surface area contributed by atoms with Crippen molar-refractivity contribution in [3.8, 4) is 0 Å². The number of hydrogen-bond acceptors (Lipinski definition) is 5. The molecule has 4 nitrogen and oxygen atoms in total. The van der Waals surface area contributed by atoms with Crippen molar-refractivity contribution >= 4 is 23.1 Å². The molecule has 1 heterocycles. The van der Waals surface area contributed by atoms with Crippen molar-refractivity contribution in [3.05, 3.63) is 48.2 Å². The molecule has 2 aliphatic rings. The van der Waals surface area contributed by atoms with Gasteiger partial charge in [-0.25, -0.2) is 0 Å². The molecule has 0 saturated heterocycles. The fourth-order valence-corrected chi connectivity index (χ4v) is 2.21. The summed E-state index contributed by atoms with van der Waals surface area (Å²) in [6, 6.07) is 0. The van der Waals surface area contributed by atoms with Gasteiger partial charge in [-0.2, -0.15) is 0 Å². The highest BCUT2D eigenvalue weighted by Gasteiger charge is 2.32. The summed E-state index contributed by atoms with van der Waals surface area (Å²) in [6.45, 7) is 4.25. The fourth-order valence-electron chi connectivity index (χ4n) is 2.02. The Morgan fingerprint density at radius 2 is 2.25 bits per heavy atom. The summed E-state index contributed by atoms with van der Waals surface area (Å²) in [6.07, 6.45) is 10.8. The minimum absolute atomic E-state index is 0.147. The third-order valence-corrected chi connectivity index (χ3v) is 3.98. The van der Waals surface area contributed by atoms with Gasteiger partial charge in [0.05, 0.1) is 7.11 Å². The maximum absolute atomic E-state index is 11.3. The van der Waals surface area contributed by atoms with Crippen molar-refractivity contribution in [2.24, 2.45) is 5.41 Å². The van der Waals surface area contributed by atoms with E-state index in [0.717, 1.165) is 10.4 Å². The van der Waals surface area contributed by atoms with E-state index in [1.54, 1.807) is 23.6 Å². The standard InChI is InChI=1S/C15H17NO3S/c1-15(2)11(5-4-6-13(15)20)12-9-16(7-8-19-12)10-14(17)18-3/h4-9H,10H2,1-3H3. The first-order valence-electron chi connectivity index (χ1n) is 6.26. The maximum Gasteiger partial charge on any atom is 0.325 e. The van der Waals surface area contributed by atoms with E-state index < -0.39 is 0 Å². The Bertz CT molecular complexity index is 555. The zero-order valence-electron chi connectivity index (χ0n) is 11.8. The summed E-state index contributed by atoms with van der Waals surface area (Å²) in [5.74, 6) is 0.382. The first-order chi connectivity index (χ1) is 9.45. The second-order valence-corrected chi connectivity index (χ2v) is 5.51. The summed E-state index contributed by atoms with van der Waals surface area (Å²) in [5, 5.41) is 0. The summed E-state index contributed by atoms with van der Waals surface area (Å²) >= 11 is 5.39.